The molecule has 2 rings (SSSR count). The normalized spacial score (nSPS) is 18.8. The molecule has 0 spiro atoms. The molecule has 84 valence electrons. The summed E-state index contributed by atoms with van der Waals surface area (Å²) in [6.45, 7) is 1.61. The van der Waals surface area contributed by atoms with Crippen LogP contribution in [0.5, 0.6) is 0 Å². The highest BCUT2D eigenvalue weighted by Gasteiger charge is 2.30. The van der Waals surface area contributed by atoms with Crippen molar-refractivity contribution in [3.63, 3.8) is 0 Å². The van der Waals surface area contributed by atoms with Gasteiger partial charge in [0, 0.05) is 6.92 Å². The molecule has 6 heteroatoms. The fraction of sp³-hybridized carbons (Fsp3) is 0.200. The van der Waals surface area contributed by atoms with E-state index in [1.807, 2.05) is 0 Å². The number of anilines is 1. The number of para-hydroxylation sites is 1. The minimum atomic E-state index is -0.921. The van der Waals surface area contributed by atoms with Crippen LogP contribution in [0.4, 0.5) is 5.69 Å². The second-order valence-corrected chi connectivity index (χ2v) is 3.47. The monoisotopic (exact) mass is 220 g/mol. The molecule has 0 saturated carbocycles. The molecule has 1 aliphatic rings. The molecular formula is C10H10N3O3-. The van der Waals surface area contributed by atoms with Gasteiger partial charge in [-0.15, -0.1) is 0 Å². The van der Waals surface area contributed by atoms with Crippen molar-refractivity contribution in [1.82, 2.24) is 5.48 Å². The van der Waals surface area contributed by atoms with E-state index in [0.717, 1.165) is 0 Å². The van der Waals surface area contributed by atoms with Crippen LogP contribution in [0.15, 0.2) is 24.3 Å². The second kappa shape index (κ2) is 3.82. The van der Waals surface area contributed by atoms with Crippen molar-refractivity contribution in [2.75, 3.05) is 5.32 Å². The molecule has 6 nitrogen and oxygen atoms in total. The topological polar surface area (TPSA) is 90.3 Å². The number of nitrogens with one attached hydrogen (secondary N) is 2. The maximum absolute atomic E-state index is 11.7. The third-order valence-corrected chi connectivity index (χ3v) is 2.43. The first-order chi connectivity index (χ1) is 7.65. The lowest BCUT2D eigenvalue weighted by Gasteiger charge is -2.25. The summed E-state index contributed by atoms with van der Waals surface area (Å²) in [5.41, 5.74) is 2.18. The fourth-order valence-electron chi connectivity index (χ4n) is 1.68. The lowest BCUT2D eigenvalue weighted by Crippen LogP contribution is -2.43. The van der Waals surface area contributed by atoms with Gasteiger partial charge in [0.15, 0.2) is 0 Å². The van der Waals surface area contributed by atoms with Crippen molar-refractivity contribution in [2.45, 2.75) is 13.1 Å². The van der Waals surface area contributed by atoms with Gasteiger partial charge < -0.3 is 21.2 Å². The lowest BCUT2D eigenvalue weighted by atomic mass is 10.0. The summed E-state index contributed by atoms with van der Waals surface area (Å²) in [5.74, 6) is -0.921. The van der Waals surface area contributed by atoms with Crippen LogP contribution in [0, 0.1) is 10.4 Å². The van der Waals surface area contributed by atoms with Crippen molar-refractivity contribution < 1.29 is 9.53 Å². The molecule has 2 N–H and O–H groups in total. The summed E-state index contributed by atoms with van der Waals surface area (Å²) >= 11 is 0. The van der Waals surface area contributed by atoms with Crippen LogP contribution < -0.4 is 10.8 Å². The summed E-state index contributed by atoms with van der Waals surface area (Å²) in [6.07, 6.45) is -0.581. The van der Waals surface area contributed by atoms with Gasteiger partial charge in [-0.2, -0.15) is 4.74 Å². The Labute approximate surface area is 91.7 Å². The van der Waals surface area contributed by atoms with Gasteiger partial charge in [-0.25, -0.2) is 0 Å². The van der Waals surface area contributed by atoms with E-state index in [1.54, 1.807) is 31.2 Å². The van der Waals surface area contributed by atoms with E-state index in [-0.39, 0.29) is 5.71 Å². The Balaban J connectivity index is 2.60. The predicted octanol–water partition coefficient (Wildman–Crippen LogP) is 0.371. The maximum Gasteiger partial charge on any atom is 0.307 e. The number of fused-ring (bicyclic) bond motifs is 1. The Bertz CT molecular complexity index is 470. The van der Waals surface area contributed by atoms with Crippen molar-refractivity contribution in [3.05, 3.63) is 40.2 Å². The summed E-state index contributed by atoms with van der Waals surface area (Å²) in [4.78, 5) is 11.4. The van der Waals surface area contributed by atoms with Gasteiger partial charge in [0.1, 0.15) is 0 Å². The van der Waals surface area contributed by atoms with E-state index in [9.17, 15) is 15.2 Å². The molecule has 1 unspecified atom stereocenters. The molecule has 1 aliphatic heterocycles. The van der Waals surface area contributed by atoms with Crippen LogP contribution in [0.25, 0.3) is 0 Å². The number of amides is 1. The van der Waals surface area contributed by atoms with E-state index in [1.165, 1.54) is 5.48 Å². The number of rotatable bonds is 1. The van der Waals surface area contributed by atoms with Gasteiger partial charge in [-0.3, -0.25) is 4.79 Å². The highest BCUT2D eigenvalue weighted by molar-refractivity contribution is 6.44. The van der Waals surface area contributed by atoms with Gasteiger partial charge in [0.25, 0.3) is 5.71 Å². The minimum absolute atomic E-state index is 0.156. The first kappa shape index (κ1) is 10.4. The van der Waals surface area contributed by atoms with Gasteiger partial charge >= 0.3 is 5.91 Å². The van der Waals surface area contributed by atoms with E-state index in [0.29, 0.717) is 16.0 Å². The maximum atomic E-state index is 11.7. The summed E-state index contributed by atoms with van der Waals surface area (Å²) in [5, 5.41) is 25.0. The number of nitrogens with zero attached hydrogens (tertiary/aromatic N) is 1. The molecule has 0 aromatic heterocycles. The third kappa shape index (κ3) is 1.49. The zero-order valence-corrected chi connectivity index (χ0v) is 8.56. The molecule has 0 saturated heterocycles. The minimum Gasteiger partial charge on any atom is -0.758 e. The Morgan fingerprint density at radius 3 is 2.88 bits per heavy atom. The molecule has 0 fully saturated rings. The average molecular weight is 220 g/mol. The molecule has 1 atom stereocenters. The highest BCUT2D eigenvalue weighted by Crippen LogP contribution is 2.21. The van der Waals surface area contributed by atoms with Crippen LogP contribution in [0.3, 0.4) is 0 Å². The van der Waals surface area contributed by atoms with Gasteiger partial charge in [-0.05, 0) is 12.1 Å². The Morgan fingerprint density at radius 1 is 1.50 bits per heavy atom. The average Bonchev–Trinajstić information content (AvgIpc) is 2.30. The van der Waals surface area contributed by atoms with Crippen molar-refractivity contribution in [1.29, 1.82) is 0 Å². The van der Waals surface area contributed by atoms with Crippen molar-refractivity contribution in [3.8, 4) is 0 Å². The van der Waals surface area contributed by atoms with Crippen molar-refractivity contribution >= 4 is 17.3 Å². The smallest absolute Gasteiger partial charge is 0.307 e. The quantitative estimate of drug-likeness (QED) is 0.406. The number of carbonyl (C=O) groups excluding carboxylic acids is 1. The van der Waals surface area contributed by atoms with Gasteiger partial charge in [-0.1, -0.05) is 12.1 Å². The van der Waals surface area contributed by atoms with E-state index in [2.05, 4.69) is 5.32 Å². The van der Waals surface area contributed by atoms with Crippen LogP contribution >= 0.6 is 0 Å². The number of carbonyl (C=O) groups is 1. The van der Waals surface area contributed by atoms with Gasteiger partial charge in [0.05, 0.1) is 11.3 Å². The SMILES string of the molecule is CC1Nc2ccccc2C(C(=O)N[O-])=[N+]1[O-]. The molecule has 1 heterocycles. The highest BCUT2D eigenvalue weighted by atomic mass is 16.5. The fourth-order valence-corrected chi connectivity index (χ4v) is 1.68. The van der Waals surface area contributed by atoms with Crippen LogP contribution in [0.2, 0.25) is 0 Å². The Kier molecular flexibility index (Phi) is 2.49. The van der Waals surface area contributed by atoms with Crippen LogP contribution in [-0.2, 0) is 4.79 Å². The van der Waals surface area contributed by atoms with E-state index >= 15 is 0 Å². The molecule has 0 bridgehead atoms. The Hall–Kier alpha value is -2.08. The van der Waals surface area contributed by atoms with Crippen molar-refractivity contribution in [2.24, 2.45) is 0 Å². The molecule has 1 amide bonds. The van der Waals surface area contributed by atoms with E-state index < -0.39 is 12.1 Å². The first-order valence-corrected chi connectivity index (χ1v) is 4.77. The molecule has 1 aromatic rings. The largest absolute Gasteiger partial charge is 0.758 e. The van der Waals surface area contributed by atoms with Crippen LogP contribution in [0.1, 0.15) is 12.5 Å². The molecule has 1 aromatic carbocycles. The second-order valence-electron chi connectivity index (χ2n) is 3.47. The zero-order valence-electron chi connectivity index (χ0n) is 8.56. The lowest BCUT2D eigenvalue weighted by molar-refractivity contribution is -0.488. The molecule has 0 aliphatic carbocycles. The standard InChI is InChI=1S/C10H10N3O3/c1-6-11-8-5-3-2-4-7(8)9(13(6)16)10(14)12-15/h2-6,11H,1H3,(H-,12,14,15)/q-1. The first-order valence-electron chi connectivity index (χ1n) is 4.77. The Morgan fingerprint density at radius 2 is 2.19 bits per heavy atom. The van der Waals surface area contributed by atoms with E-state index in [4.69, 9.17) is 0 Å². The summed E-state index contributed by atoms with van der Waals surface area (Å²) in [7, 11) is 0. The molecular weight excluding hydrogens is 210 g/mol. The summed E-state index contributed by atoms with van der Waals surface area (Å²) < 4.78 is 0.496. The third-order valence-electron chi connectivity index (χ3n) is 2.43. The number of hydrogen-bond donors (Lipinski definition) is 2. The zero-order chi connectivity index (χ0) is 11.7. The predicted molar refractivity (Wildman–Crippen MR) is 58.8 cm³/mol. The molecule has 16 heavy (non-hydrogen) atoms. The van der Waals surface area contributed by atoms with Crippen LogP contribution in [-0.4, -0.2) is 22.5 Å². The number of hydrogen-bond acceptors (Lipinski definition) is 4. The summed E-state index contributed by atoms with van der Waals surface area (Å²) in [6, 6.07) is 6.84. The number of benzene rings is 1. The van der Waals surface area contributed by atoms with Gasteiger partial charge in [0.2, 0.25) is 6.17 Å². The number of hydroxylamine groups is 2. The molecule has 0 radical (unpaired) electrons.